The Morgan fingerprint density at radius 3 is 2.37 bits per heavy atom. The van der Waals surface area contributed by atoms with Crippen molar-refractivity contribution < 1.29 is 4.79 Å². The minimum atomic E-state index is -0.417. The highest BCUT2D eigenvalue weighted by molar-refractivity contribution is 7.11. The molecular formula is C12H23Cl2N3OS. The zero-order chi connectivity index (χ0) is 12.9. The van der Waals surface area contributed by atoms with Crippen LogP contribution in [0.5, 0.6) is 0 Å². The van der Waals surface area contributed by atoms with Gasteiger partial charge in [0.25, 0.3) is 0 Å². The molecule has 7 heteroatoms. The van der Waals surface area contributed by atoms with E-state index in [0.717, 1.165) is 22.7 Å². The van der Waals surface area contributed by atoms with Gasteiger partial charge in [0, 0.05) is 17.6 Å². The maximum Gasteiger partial charge on any atom is 0.227 e. The van der Waals surface area contributed by atoms with Crippen LogP contribution in [0.3, 0.4) is 0 Å². The second-order valence-corrected chi connectivity index (χ2v) is 5.54. The van der Waals surface area contributed by atoms with Crippen molar-refractivity contribution in [1.82, 2.24) is 10.3 Å². The molecule has 112 valence electrons. The first-order valence-electron chi connectivity index (χ1n) is 5.97. The predicted octanol–water partition coefficient (Wildman–Crippen LogP) is 2.68. The number of thiazole rings is 1. The summed E-state index contributed by atoms with van der Waals surface area (Å²) in [7, 11) is 0. The fourth-order valence-corrected chi connectivity index (χ4v) is 2.53. The Kier molecular flexibility index (Phi) is 10.5. The minimum absolute atomic E-state index is 0. The van der Waals surface area contributed by atoms with Crippen LogP contribution >= 0.6 is 36.2 Å². The van der Waals surface area contributed by atoms with Gasteiger partial charge in [-0.05, 0) is 19.8 Å². The Hall–Kier alpha value is -0.360. The van der Waals surface area contributed by atoms with Crippen LogP contribution in [-0.2, 0) is 11.3 Å². The van der Waals surface area contributed by atoms with Gasteiger partial charge in [-0.2, -0.15) is 0 Å². The molecule has 0 bridgehead atoms. The molecule has 0 aliphatic rings. The summed E-state index contributed by atoms with van der Waals surface area (Å²) in [6, 6.07) is 0. The van der Waals surface area contributed by atoms with E-state index in [1.807, 2.05) is 27.0 Å². The summed E-state index contributed by atoms with van der Waals surface area (Å²) in [5.41, 5.74) is 5.32. The zero-order valence-corrected chi connectivity index (χ0v) is 14.0. The van der Waals surface area contributed by atoms with E-state index < -0.39 is 5.41 Å². The second-order valence-electron chi connectivity index (χ2n) is 4.22. The third kappa shape index (κ3) is 5.26. The molecule has 1 aromatic heterocycles. The molecule has 0 saturated carbocycles. The number of halogens is 2. The lowest BCUT2D eigenvalue weighted by atomic mass is 9.81. The molecule has 0 fully saturated rings. The van der Waals surface area contributed by atoms with Gasteiger partial charge in [0.2, 0.25) is 5.91 Å². The fraction of sp³-hybridized carbons (Fsp3) is 0.667. The highest BCUT2D eigenvalue weighted by Gasteiger charge is 2.32. The van der Waals surface area contributed by atoms with Gasteiger partial charge in [-0.1, -0.05) is 13.8 Å². The molecule has 0 aromatic carbocycles. The van der Waals surface area contributed by atoms with Crippen molar-refractivity contribution in [2.24, 2.45) is 11.1 Å². The predicted molar refractivity (Wildman–Crippen MR) is 85.3 cm³/mol. The van der Waals surface area contributed by atoms with Crippen LogP contribution in [0.15, 0.2) is 6.20 Å². The first-order valence-corrected chi connectivity index (χ1v) is 6.79. The molecule has 0 aliphatic heterocycles. The van der Waals surface area contributed by atoms with E-state index in [1.54, 1.807) is 11.3 Å². The Bertz CT molecular complexity index is 373. The number of nitrogens with one attached hydrogen (secondary N) is 1. The molecule has 0 atom stereocenters. The molecule has 0 aliphatic carbocycles. The summed E-state index contributed by atoms with van der Waals surface area (Å²) in [5, 5.41) is 3.98. The van der Waals surface area contributed by atoms with Crippen LogP contribution < -0.4 is 11.1 Å². The van der Waals surface area contributed by atoms with Crippen LogP contribution in [0.1, 0.15) is 36.6 Å². The summed E-state index contributed by atoms with van der Waals surface area (Å²) in [4.78, 5) is 17.4. The number of amides is 1. The number of nitrogens with zero attached hydrogens (tertiary/aromatic N) is 1. The number of nitrogens with two attached hydrogens (primary N) is 1. The van der Waals surface area contributed by atoms with E-state index in [4.69, 9.17) is 5.73 Å². The van der Waals surface area contributed by atoms with Crippen molar-refractivity contribution in [3.8, 4) is 0 Å². The number of carbonyl (C=O) groups is 1. The first-order chi connectivity index (χ1) is 8.07. The third-order valence-electron chi connectivity index (χ3n) is 3.32. The normalized spacial score (nSPS) is 10.3. The summed E-state index contributed by atoms with van der Waals surface area (Å²) < 4.78 is 0. The molecule has 0 spiro atoms. The maximum atomic E-state index is 12.1. The quantitative estimate of drug-likeness (QED) is 0.844. The smallest absolute Gasteiger partial charge is 0.227 e. The average Bonchev–Trinajstić information content (AvgIpc) is 2.75. The van der Waals surface area contributed by atoms with E-state index in [2.05, 4.69) is 10.3 Å². The van der Waals surface area contributed by atoms with Gasteiger partial charge >= 0.3 is 0 Å². The van der Waals surface area contributed by atoms with Crippen molar-refractivity contribution in [3.05, 3.63) is 16.1 Å². The van der Waals surface area contributed by atoms with Gasteiger partial charge in [0.1, 0.15) is 0 Å². The van der Waals surface area contributed by atoms with Gasteiger partial charge in [-0.15, -0.1) is 36.2 Å². The van der Waals surface area contributed by atoms with Gasteiger partial charge in [0.05, 0.1) is 17.0 Å². The summed E-state index contributed by atoms with van der Waals surface area (Å²) in [6.45, 7) is 6.91. The Labute approximate surface area is 131 Å². The SMILES string of the molecule is CCC(CC)(CN)C(=O)NCc1cnc(C)s1.Cl.Cl. The summed E-state index contributed by atoms with van der Waals surface area (Å²) in [6.07, 6.45) is 3.35. The average molecular weight is 328 g/mol. The standard InChI is InChI=1S/C12H21N3OS.2ClH/c1-4-12(5-2,8-13)11(16)15-7-10-6-14-9(3)17-10;;/h6H,4-5,7-8,13H2,1-3H3,(H,15,16);2*1H. The number of hydrogen-bond donors (Lipinski definition) is 2. The van der Waals surface area contributed by atoms with Gasteiger partial charge in [-0.25, -0.2) is 4.98 Å². The maximum absolute atomic E-state index is 12.1. The number of carbonyl (C=O) groups excluding carboxylic acids is 1. The van der Waals surface area contributed by atoms with E-state index in [1.165, 1.54) is 0 Å². The number of rotatable bonds is 6. The second kappa shape index (κ2) is 9.53. The fourth-order valence-electron chi connectivity index (χ4n) is 1.79. The lowest BCUT2D eigenvalue weighted by Gasteiger charge is -2.28. The minimum Gasteiger partial charge on any atom is -0.351 e. The lowest BCUT2D eigenvalue weighted by Crippen LogP contribution is -2.44. The Morgan fingerprint density at radius 2 is 2.00 bits per heavy atom. The van der Waals surface area contributed by atoms with Crippen LogP contribution in [0, 0.1) is 12.3 Å². The molecule has 0 unspecified atom stereocenters. The van der Waals surface area contributed by atoms with Crippen molar-refractivity contribution in [2.75, 3.05) is 6.54 Å². The van der Waals surface area contributed by atoms with Crippen LogP contribution in [-0.4, -0.2) is 17.4 Å². The highest BCUT2D eigenvalue weighted by Crippen LogP contribution is 2.25. The van der Waals surface area contributed by atoms with Crippen LogP contribution in [0.25, 0.3) is 0 Å². The molecule has 0 saturated heterocycles. The Morgan fingerprint density at radius 1 is 1.42 bits per heavy atom. The third-order valence-corrected chi connectivity index (χ3v) is 4.23. The molecular weight excluding hydrogens is 305 g/mol. The lowest BCUT2D eigenvalue weighted by molar-refractivity contribution is -0.131. The topological polar surface area (TPSA) is 68.0 Å². The highest BCUT2D eigenvalue weighted by atomic mass is 35.5. The van der Waals surface area contributed by atoms with Crippen molar-refractivity contribution >= 4 is 42.1 Å². The summed E-state index contributed by atoms with van der Waals surface area (Å²) in [5.74, 6) is 0.0519. The number of hydrogen-bond acceptors (Lipinski definition) is 4. The molecule has 1 heterocycles. The molecule has 19 heavy (non-hydrogen) atoms. The van der Waals surface area contributed by atoms with Crippen LogP contribution in [0.4, 0.5) is 0 Å². The van der Waals surface area contributed by atoms with Gasteiger partial charge < -0.3 is 11.1 Å². The number of aromatic nitrogens is 1. The summed E-state index contributed by atoms with van der Waals surface area (Å²) >= 11 is 1.61. The Balaban J connectivity index is 0. The molecule has 1 rings (SSSR count). The monoisotopic (exact) mass is 327 g/mol. The van der Waals surface area contributed by atoms with Crippen LogP contribution in [0.2, 0.25) is 0 Å². The molecule has 3 N–H and O–H groups in total. The van der Waals surface area contributed by atoms with Gasteiger partial charge in [0.15, 0.2) is 0 Å². The van der Waals surface area contributed by atoms with Crippen molar-refractivity contribution in [3.63, 3.8) is 0 Å². The molecule has 0 radical (unpaired) electrons. The van der Waals surface area contributed by atoms with Crippen molar-refractivity contribution in [1.29, 1.82) is 0 Å². The largest absolute Gasteiger partial charge is 0.351 e. The molecule has 4 nitrogen and oxygen atoms in total. The van der Waals surface area contributed by atoms with E-state index in [-0.39, 0.29) is 30.7 Å². The van der Waals surface area contributed by atoms with Crippen molar-refractivity contribution in [2.45, 2.75) is 40.2 Å². The van der Waals surface area contributed by atoms with Gasteiger partial charge in [-0.3, -0.25) is 4.79 Å². The van der Waals surface area contributed by atoms with E-state index in [0.29, 0.717) is 13.1 Å². The van der Waals surface area contributed by atoms with E-state index >= 15 is 0 Å². The zero-order valence-electron chi connectivity index (χ0n) is 11.6. The molecule has 1 amide bonds. The van der Waals surface area contributed by atoms with E-state index in [9.17, 15) is 4.79 Å². The molecule has 1 aromatic rings. The number of aryl methyl sites for hydroxylation is 1. The first kappa shape index (κ1) is 20.9.